The first kappa shape index (κ1) is 25.6. The van der Waals surface area contributed by atoms with E-state index in [-0.39, 0.29) is 24.8 Å². The molecule has 3 aliphatic heterocycles. The molecule has 3 aliphatic rings. The van der Waals surface area contributed by atoms with Crippen molar-refractivity contribution in [1.29, 1.82) is 0 Å². The van der Waals surface area contributed by atoms with Crippen LogP contribution in [0.3, 0.4) is 0 Å². The standard InChI is InChI=1S/C28H30N4O6/c1-38-20-6-2-5-18(16-20)25(34)29-19-11-14-31(15-12-19)13-10-17-4-3-7-21-24(17)28(37)32(27(21)36)22-8-9-23(33)30-26(22)35/h2-7,16,19,22H,8-15H2,1H3,(H,29,34)(H,30,33,35). The van der Waals surface area contributed by atoms with E-state index in [4.69, 9.17) is 4.74 Å². The monoisotopic (exact) mass is 518 g/mol. The molecule has 2 aromatic rings. The molecule has 0 aliphatic carbocycles. The molecule has 198 valence electrons. The van der Waals surface area contributed by atoms with Crippen LogP contribution in [-0.4, -0.2) is 78.2 Å². The Morgan fingerprint density at radius 2 is 1.79 bits per heavy atom. The first-order chi connectivity index (χ1) is 18.4. The number of imide groups is 2. The molecule has 5 amide bonds. The van der Waals surface area contributed by atoms with Crippen LogP contribution in [0.1, 0.15) is 62.3 Å². The number of carbonyl (C=O) groups excluding carboxylic acids is 5. The van der Waals surface area contributed by atoms with E-state index in [1.807, 2.05) is 6.07 Å². The van der Waals surface area contributed by atoms with Crippen LogP contribution < -0.4 is 15.4 Å². The zero-order valence-electron chi connectivity index (χ0n) is 21.2. The number of methoxy groups -OCH3 is 1. The minimum Gasteiger partial charge on any atom is -0.497 e. The van der Waals surface area contributed by atoms with E-state index in [1.165, 1.54) is 0 Å². The molecule has 1 unspecified atom stereocenters. The predicted molar refractivity (Wildman–Crippen MR) is 137 cm³/mol. The highest BCUT2D eigenvalue weighted by atomic mass is 16.5. The summed E-state index contributed by atoms with van der Waals surface area (Å²) in [6.07, 6.45) is 2.42. The molecule has 1 atom stereocenters. The van der Waals surface area contributed by atoms with E-state index in [9.17, 15) is 24.0 Å². The van der Waals surface area contributed by atoms with Crippen LogP contribution >= 0.6 is 0 Å². The fraction of sp³-hybridized carbons (Fsp3) is 0.393. The van der Waals surface area contributed by atoms with Gasteiger partial charge in [0, 0.05) is 37.7 Å². The highest BCUT2D eigenvalue weighted by Gasteiger charge is 2.45. The summed E-state index contributed by atoms with van der Waals surface area (Å²) in [5.74, 6) is -1.46. The van der Waals surface area contributed by atoms with Crippen LogP contribution in [-0.2, 0) is 16.0 Å². The number of amides is 5. The number of hydrogen-bond acceptors (Lipinski definition) is 7. The van der Waals surface area contributed by atoms with Gasteiger partial charge in [-0.1, -0.05) is 18.2 Å². The third-order valence-corrected chi connectivity index (χ3v) is 7.51. The Kier molecular flexibility index (Phi) is 7.24. The molecular weight excluding hydrogens is 488 g/mol. The smallest absolute Gasteiger partial charge is 0.262 e. The van der Waals surface area contributed by atoms with Crippen molar-refractivity contribution in [3.05, 3.63) is 64.7 Å². The quantitative estimate of drug-likeness (QED) is 0.533. The van der Waals surface area contributed by atoms with Crippen LogP contribution in [0.25, 0.3) is 0 Å². The fourth-order valence-electron chi connectivity index (χ4n) is 5.41. The van der Waals surface area contributed by atoms with Crippen molar-refractivity contribution in [1.82, 2.24) is 20.4 Å². The minimum atomic E-state index is -0.973. The summed E-state index contributed by atoms with van der Waals surface area (Å²) >= 11 is 0. The van der Waals surface area contributed by atoms with Crippen molar-refractivity contribution in [2.75, 3.05) is 26.7 Å². The van der Waals surface area contributed by atoms with Crippen molar-refractivity contribution < 1.29 is 28.7 Å². The SMILES string of the molecule is COc1cccc(C(=O)NC2CCN(CCc3cccc4c3C(=O)N(C3CCC(=O)NC3=O)C4=O)CC2)c1. The van der Waals surface area contributed by atoms with Crippen LogP contribution in [0, 0.1) is 0 Å². The molecule has 10 nitrogen and oxygen atoms in total. The molecule has 2 fully saturated rings. The molecule has 5 rings (SSSR count). The zero-order chi connectivity index (χ0) is 26.8. The van der Waals surface area contributed by atoms with Crippen molar-refractivity contribution in [2.45, 2.75) is 44.2 Å². The second kappa shape index (κ2) is 10.7. The number of nitrogens with zero attached hydrogens (tertiary/aromatic N) is 2. The molecule has 38 heavy (non-hydrogen) atoms. The number of rotatable bonds is 7. The van der Waals surface area contributed by atoms with Crippen LogP contribution in [0.4, 0.5) is 0 Å². The Morgan fingerprint density at radius 1 is 1.03 bits per heavy atom. The lowest BCUT2D eigenvalue weighted by molar-refractivity contribution is -0.136. The van der Waals surface area contributed by atoms with Gasteiger partial charge in [0.15, 0.2) is 0 Å². The maximum Gasteiger partial charge on any atom is 0.262 e. The van der Waals surface area contributed by atoms with Gasteiger partial charge in [-0.2, -0.15) is 0 Å². The summed E-state index contributed by atoms with van der Waals surface area (Å²) in [5, 5.41) is 5.33. The van der Waals surface area contributed by atoms with E-state index in [0.717, 1.165) is 36.4 Å². The molecule has 0 radical (unpaired) electrons. The average Bonchev–Trinajstić information content (AvgIpc) is 3.18. The van der Waals surface area contributed by atoms with Gasteiger partial charge in [-0.3, -0.25) is 34.2 Å². The molecule has 3 heterocycles. The van der Waals surface area contributed by atoms with E-state index in [1.54, 1.807) is 43.5 Å². The van der Waals surface area contributed by atoms with Gasteiger partial charge in [-0.05, 0) is 55.5 Å². The van der Waals surface area contributed by atoms with Crippen molar-refractivity contribution in [3.63, 3.8) is 0 Å². The number of likely N-dealkylation sites (tertiary alicyclic amines) is 1. The number of benzene rings is 2. The van der Waals surface area contributed by atoms with Gasteiger partial charge in [0.2, 0.25) is 11.8 Å². The fourth-order valence-corrected chi connectivity index (χ4v) is 5.41. The summed E-state index contributed by atoms with van der Waals surface area (Å²) in [6.45, 7) is 2.30. The Labute approximate surface area is 220 Å². The topological polar surface area (TPSA) is 125 Å². The summed E-state index contributed by atoms with van der Waals surface area (Å²) < 4.78 is 5.20. The number of fused-ring (bicyclic) bond motifs is 1. The van der Waals surface area contributed by atoms with Gasteiger partial charge in [0.1, 0.15) is 11.8 Å². The lowest BCUT2D eigenvalue weighted by atomic mass is 9.99. The zero-order valence-corrected chi connectivity index (χ0v) is 21.2. The van der Waals surface area contributed by atoms with Crippen LogP contribution in [0.2, 0.25) is 0 Å². The Morgan fingerprint density at radius 3 is 2.53 bits per heavy atom. The predicted octanol–water partition coefficient (Wildman–Crippen LogP) is 1.53. The molecule has 0 aromatic heterocycles. The highest BCUT2D eigenvalue weighted by Crippen LogP contribution is 2.30. The molecule has 2 saturated heterocycles. The van der Waals surface area contributed by atoms with Gasteiger partial charge in [0.05, 0.1) is 18.2 Å². The normalized spacial score (nSPS) is 20.3. The maximum atomic E-state index is 13.3. The number of piperidine rings is 2. The lowest BCUT2D eigenvalue weighted by Gasteiger charge is -2.32. The van der Waals surface area contributed by atoms with E-state index < -0.39 is 29.7 Å². The maximum absolute atomic E-state index is 13.3. The molecule has 0 saturated carbocycles. The van der Waals surface area contributed by atoms with Gasteiger partial charge in [0.25, 0.3) is 17.7 Å². The third-order valence-electron chi connectivity index (χ3n) is 7.51. The van der Waals surface area contributed by atoms with Crippen molar-refractivity contribution >= 4 is 29.5 Å². The number of hydrogen-bond donors (Lipinski definition) is 2. The van der Waals surface area contributed by atoms with Gasteiger partial charge in [-0.25, -0.2) is 0 Å². The van der Waals surface area contributed by atoms with Gasteiger partial charge < -0.3 is 15.0 Å². The second-order valence-corrected chi connectivity index (χ2v) is 9.86. The molecule has 0 spiro atoms. The third kappa shape index (κ3) is 5.04. The van der Waals surface area contributed by atoms with Gasteiger partial charge in [-0.15, -0.1) is 0 Å². The summed E-state index contributed by atoms with van der Waals surface area (Å²) in [7, 11) is 1.57. The van der Waals surface area contributed by atoms with Crippen molar-refractivity contribution in [3.8, 4) is 5.75 Å². The molecule has 0 bridgehead atoms. The summed E-state index contributed by atoms with van der Waals surface area (Å²) in [4.78, 5) is 66.1. The lowest BCUT2D eigenvalue weighted by Crippen LogP contribution is -2.54. The molecular formula is C28H30N4O6. The van der Waals surface area contributed by atoms with E-state index >= 15 is 0 Å². The summed E-state index contributed by atoms with van der Waals surface area (Å²) in [5.41, 5.74) is 1.98. The number of ether oxygens (including phenoxy) is 1. The second-order valence-electron chi connectivity index (χ2n) is 9.86. The largest absolute Gasteiger partial charge is 0.497 e. The Balaban J connectivity index is 1.17. The van der Waals surface area contributed by atoms with Crippen molar-refractivity contribution in [2.24, 2.45) is 0 Å². The minimum absolute atomic E-state index is 0.0761. The van der Waals surface area contributed by atoms with E-state index in [2.05, 4.69) is 15.5 Å². The molecule has 10 heteroatoms. The number of carbonyl (C=O) groups is 5. The van der Waals surface area contributed by atoms with Gasteiger partial charge >= 0.3 is 0 Å². The first-order valence-corrected chi connectivity index (χ1v) is 12.9. The Bertz CT molecular complexity index is 1300. The van der Waals surface area contributed by atoms with E-state index in [0.29, 0.717) is 35.4 Å². The first-order valence-electron chi connectivity index (χ1n) is 12.9. The molecule has 2 aromatic carbocycles. The summed E-state index contributed by atoms with van der Waals surface area (Å²) in [6, 6.07) is 11.4. The van der Waals surface area contributed by atoms with Crippen LogP contribution in [0.5, 0.6) is 5.75 Å². The average molecular weight is 519 g/mol. The highest BCUT2D eigenvalue weighted by molar-refractivity contribution is 6.24. The Hall–Kier alpha value is -4.05. The number of nitrogens with one attached hydrogen (secondary N) is 2. The molecule has 2 N–H and O–H groups in total. The van der Waals surface area contributed by atoms with Crippen LogP contribution in [0.15, 0.2) is 42.5 Å².